The van der Waals surface area contributed by atoms with E-state index >= 15 is 0 Å². The number of halogens is 3. The van der Waals surface area contributed by atoms with Crippen LogP contribution < -0.4 is 5.32 Å². The van der Waals surface area contributed by atoms with Crippen LogP contribution in [0.5, 0.6) is 0 Å². The van der Waals surface area contributed by atoms with Crippen LogP contribution in [0.2, 0.25) is 0 Å². The average molecular weight is 440 g/mol. The number of amides is 1. The molecule has 1 aromatic carbocycles. The molecule has 0 bridgehead atoms. The highest BCUT2D eigenvalue weighted by Crippen LogP contribution is 2.31. The van der Waals surface area contributed by atoms with Gasteiger partial charge in [0.2, 0.25) is 5.91 Å². The molecule has 4 rings (SSSR count). The third-order valence-corrected chi connectivity index (χ3v) is 5.62. The van der Waals surface area contributed by atoms with Crippen LogP contribution in [0.15, 0.2) is 60.4 Å². The van der Waals surface area contributed by atoms with Crippen molar-refractivity contribution in [3.05, 3.63) is 82.8 Å². The highest BCUT2D eigenvalue weighted by molar-refractivity contribution is 5.91. The molecule has 0 radical (unpaired) electrons. The number of alkyl halides is 3. The lowest BCUT2D eigenvalue weighted by Crippen LogP contribution is -2.25. The van der Waals surface area contributed by atoms with Gasteiger partial charge in [-0.15, -0.1) is 0 Å². The topological polar surface area (TPSA) is 70.7 Å². The Bertz CT molecular complexity index is 1080. The molecule has 1 saturated carbocycles. The van der Waals surface area contributed by atoms with Gasteiger partial charge in [-0.1, -0.05) is 35.9 Å². The second-order valence-corrected chi connectivity index (χ2v) is 7.99. The monoisotopic (exact) mass is 440 g/mol. The highest BCUT2D eigenvalue weighted by Gasteiger charge is 2.30. The predicted molar refractivity (Wildman–Crippen MR) is 116 cm³/mol. The first-order valence-corrected chi connectivity index (χ1v) is 10.5. The molecule has 8 heteroatoms. The van der Waals surface area contributed by atoms with E-state index in [4.69, 9.17) is 0 Å². The molecular formula is C24H23F3N4O. The summed E-state index contributed by atoms with van der Waals surface area (Å²) in [5.41, 5.74) is 3.17. The van der Waals surface area contributed by atoms with Gasteiger partial charge in [0.25, 0.3) is 0 Å². The highest BCUT2D eigenvalue weighted by atomic mass is 19.4. The molecule has 1 aliphatic carbocycles. The van der Waals surface area contributed by atoms with Crippen molar-refractivity contribution in [2.45, 2.75) is 38.3 Å². The van der Waals surface area contributed by atoms with E-state index < -0.39 is 11.7 Å². The smallest absolute Gasteiger partial charge is 0.311 e. The molecule has 3 aromatic rings. The van der Waals surface area contributed by atoms with Gasteiger partial charge in [-0.3, -0.25) is 14.9 Å². The lowest BCUT2D eigenvalue weighted by Gasteiger charge is -2.23. The van der Waals surface area contributed by atoms with Crippen LogP contribution in [0, 0.1) is 5.92 Å². The standard InChI is InChI=1S/C24H23F3N4O/c25-24(26,27)20-8-9-21(28-15-20)14-18-3-1-2-17(13-18)12-16-4-6-19(7-5-16)23(32)30-22-10-11-29-31-22/h1-3,8-13,15,19H,4-7,14H2,(H2,29,30,31,32). The molecule has 0 saturated heterocycles. The summed E-state index contributed by atoms with van der Waals surface area (Å²) in [7, 11) is 0. The average Bonchev–Trinajstić information content (AvgIpc) is 3.27. The number of rotatable bonds is 5. The van der Waals surface area contributed by atoms with Crippen molar-refractivity contribution in [2.75, 3.05) is 5.32 Å². The number of hydrogen-bond donors (Lipinski definition) is 2. The van der Waals surface area contributed by atoms with Crippen molar-refractivity contribution >= 4 is 17.8 Å². The predicted octanol–water partition coefficient (Wildman–Crippen LogP) is 5.63. The Morgan fingerprint density at radius 2 is 1.97 bits per heavy atom. The van der Waals surface area contributed by atoms with E-state index in [1.54, 1.807) is 12.3 Å². The van der Waals surface area contributed by atoms with E-state index in [1.165, 1.54) is 11.6 Å². The molecule has 2 aromatic heterocycles. The van der Waals surface area contributed by atoms with Crippen molar-refractivity contribution in [2.24, 2.45) is 5.92 Å². The molecule has 0 unspecified atom stereocenters. The molecule has 0 spiro atoms. The van der Waals surface area contributed by atoms with Gasteiger partial charge in [0, 0.05) is 30.3 Å². The fourth-order valence-corrected chi connectivity index (χ4v) is 3.89. The van der Waals surface area contributed by atoms with E-state index in [0.29, 0.717) is 17.9 Å². The van der Waals surface area contributed by atoms with Gasteiger partial charge >= 0.3 is 6.18 Å². The van der Waals surface area contributed by atoms with Crippen LogP contribution in [0.4, 0.5) is 19.0 Å². The molecule has 2 heterocycles. The SMILES string of the molecule is O=C(Nc1ccn[nH]1)C1CCC(=Cc2cccc(Cc3ccc(C(F)(F)F)cn3)c2)CC1. The zero-order valence-electron chi connectivity index (χ0n) is 17.3. The summed E-state index contributed by atoms with van der Waals surface area (Å²) in [6.07, 6.45) is 3.99. The van der Waals surface area contributed by atoms with Crippen molar-refractivity contribution < 1.29 is 18.0 Å². The Morgan fingerprint density at radius 1 is 1.16 bits per heavy atom. The second kappa shape index (κ2) is 9.38. The number of aromatic amines is 1. The van der Waals surface area contributed by atoms with Crippen molar-refractivity contribution in [3.63, 3.8) is 0 Å². The molecule has 166 valence electrons. The number of pyridine rings is 1. The number of benzene rings is 1. The van der Waals surface area contributed by atoms with Crippen molar-refractivity contribution in [3.8, 4) is 0 Å². The van der Waals surface area contributed by atoms with Gasteiger partial charge in [-0.2, -0.15) is 18.3 Å². The van der Waals surface area contributed by atoms with Gasteiger partial charge in [0.05, 0.1) is 11.8 Å². The molecule has 0 aliphatic heterocycles. The van der Waals surface area contributed by atoms with E-state index in [2.05, 4.69) is 26.6 Å². The number of hydrogen-bond acceptors (Lipinski definition) is 3. The summed E-state index contributed by atoms with van der Waals surface area (Å²) in [5, 5.41) is 9.41. The van der Waals surface area contributed by atoms with Gasteiger partial charge in [0.1, 0.15) is 5.82 Å². The summed E-state index contributed by atoms with van der Waals surface area (Å²) in [5.74, 6) is 0.600. The molecular weight excluding hydrogens is 417 g/mol. The Labute approximate surface area is 183 Å². The van der Waals surface area contributed by atoms with Gasteiger partial charge < -0.3 is 5.32 Å². The number of H-pyrrole nitrogens is 1. The summed E-state index contributed by atoms with van der Waals surface area (Å²) >= 11 is 0. The zero-order valence-corrected chi connectivity index (χ0v) is 17.3. The molecule has 1 aliphatic rings. The third kappa shape index (κ3) is 5.63. The van der Waals surface area contributed by atoms with Gasteiger partial charge in [-0.25, -0.2) is 0 Å². The second-order valence-electron chi connectivity index (χ2n) is 7.99. The van der Waals surface area contributed by atoms with Crippen LogP contribution in [-0.2, 0) is 17.4 Å². The molecule has 32 heavy (non-hydrogen) atoms. The molecule has 2 N–H and O–H groups in total. The lowest BCUT2D eigenvalue weighted by molar-refractivity contribution is -0.137. The quantitative estimate of drug-likeness (QED) is 0.540. The van der Waals surface area contributed by atoms with Crippen LogP contribution >= 0.6 is 0 Å². The number of anilines is 1. The van der Waals surface area contributed by atoms with Crippen LogP contribution in [0.1, 0.15) is 48.1 Å². The minimum Gasteiger partial charge on any atom is -0.311 e. The van der Waals surface area contributed by atoms with Gasteiger partial charge in [-0.05, 0) is 48.9 Å². The number of carbonyl (C=O) groups is 1. The van der Waals surface area contributed by atoms with Crippen LogP contribution in [0.3, 0.4) is 0 Å². The van der Waals surface area contributed by atoms with Crippen molar-refractivity contribution in [1.29, 1.82) is 0 Å². The fraction of sp³-hybridized carbons (Fsp3) is 0.292. The first kappa shape index (κ1) is 21.8. The number of nitrogens with zero attached hydrogens (tertiary/aromatic N) is 2. The van der Waals surface area contributed by atoms with Crippen LogP contribution in [-0.4, -0.2) is 21.1 Å². The Hall–Kier alpha value is -3.42. The largest absolute Gasteiger partial charge is 0.417 e. The molecule has 1 amide bonds. The first-order chi connectivity index (χ1) is 15.4. The number of nitrogens with one attached hydrogen (secondary N) is 2. The minimum atomic E-state index is -4.38. The maximum absolute atomic E-state index is 12.7. The Morgan fingerprint density at radius 3 is 2.62 bits per heavy atom. The Balaban J connectivity index is 1.35. The maximum Gasteiger partial charge on any atom is 0.417 e. The maximum atomic E-state index is 12.7. The van der Waals surface area contributed by atoms with E-state index in [9.17, 15) is 18.0 Å². The fourth-order valence-electron chi connectivity index (χ4n) is 3.89. The van der Waals surface area contributed by atoms with E-state index in [0.717, 1.165) is 49.1 Å². The summed E-state index contributed by atoms with van der Waals surface area (Å²) in [6.45, 7) is 0. The summed E-state index contributed by atoms with van der Waals surface area (Å²) < 4.78 is 38.1. The first-order valence-electron chi connectivity index (χ1n) is 10.5. The zero-order chi connectivity index (χ0) is 22.6. The van der Waals surface area contributed by atoms with E-state index in [-0.39, 0.29) is 11.8 Å². The Kier molecular flexibility index (Phi) is 6.39. The number of aromatic nitrogens is 3. The number of allylic oxidation sites excluding steroid dienone is 1. The minimum absolute atomic E-state index is 0.0133. The molecule has 5 nitrogen and oxygen atoms in total. The van der Waals surface area contributed by atoms with Crippen molar-refractivity contribution in [1.82, 2.24) is 15.2 Å². The lowest BCUT2D eigenvalue weighted by atomic mass is 9.84. The van der Waals surface area contributed by atoms with Crippen LogP contribution in [0.25, 0.3) is 6.08 Å². The third-order valence-electron chi connectivity index (χ3n) is 5.62. The molecule has 0 atom stereocenters. The summed E-state index contributed by atoms with van der Waals surface area (Å²) in [4.78, 5) is 16.3. The van der Waals surface area contributed by atoms with E-state index in [1.807, 2.05) is 24.3 Å². The number of carbonyl (C=O) groups excluding carboxylic acids is 1. The normalized spacial score (nSPS) is 16.6. The van der Waals surface area contributed by atoms with Gasteiger partial charge in [0.15, 0.2) is 0 Å². The summed E-state index contributed by atoms with van der Waals surface area (Å²) in [6, 6.07) is 12.1. The molecule has 1 fully saturated rings.